The van der Waals surface area contributed by atoms with Crippen LogP contribution in [0.1, 0.15) is 0 Å². The fraction of sp³-hybridized carbons (Fsp3) is 0. The van der Waals surface area contributed by atoms with Crippen LogP contribution < -0.4 is 14.7 Å². The molecule has 0 amide bonds. The van der Waals surface area contributed by atoms with Gasteiger partial charge in [0, 0.05) is 125 Å². The summed E-state index contributed by atoms with van der Waals surface area (Å²) in [6.07, 6.45) is 8.91. The fourth-order valence-electron chi connectivity index (χ4n) is 20.3. The molecule has 0 spiro atoms. The van der Waals surface area contributed by atoms with E-state index in [1.807, 2.05) is 121 Å². The van der Waals surface area contributed by atoms with Crippen LogP contribution in [0.2, 0.25) is 0 Å². The van der Waals surface area contributed by atoms with E-state index in [2.05, 4.69) is 309 Å². The zero-order chi connectivity index (χ0) is 88.0. The monoisotopic (exact) mass is 1710 g/mol. The van der Waals surface area contributed by atoms with Crippen molar-refractivity contribution in [3.05, 3.63) is 425 Å². The maximum atomic E-state index is 6.33. The minimum atomic E-state index is 0.633. The first kappa shape index (κ1) is 75.7. The molecule has 0 radical (unpaired) electrons. The van der Waals surface area contributed by atoms with Gasteiger partial charge in [0.2, 0.25) is 0 Å². The number of furan rings is 3. The van der Waals surface area contributed by atoms with Crippen LogP contribution in [-0.2, 0) is 0 Å². The van der Waals surface area contributed by atoms with Crippen molar-refractivity contribution in [1.29, 1.82) is 0 Å². The molecule has 134 heavy (non-hydrogen) atoms. The van der Waals surface area contributed by atoms with Crippen molar-refractivity contribution in [2.45, 2.75) is 0 Å². The average Bonchev–Trinajstić information content (AvgIpc) is 1.08. The molecule has 9 aromatic heterocycles. The van der Waals surface area contributed by atoms with Gasteiger partial charge in [-0.05, 0) is 207 Å². The van der Waals surface area contributed by atoms with Gasteiger partial charge in [-0.2, -0.15) is 0 Å². The van der Waals surface area contributed by atoms with Gasteiger partial charge in [-0.3, -0.25) is 15.0 Å². The Morgan fingerprint density at radius 2 is 0.619 bits per heavy atom. The molecule has 0 bridgehead atoms. The molecule has 3 aliphatic heterocycles. The molecule has 12 heterocycles. The summed E-state index contributed by atoms with van der Waals surface area (Å²) in [6.45, 7) is 0. The molecule has 15 heteroatoms. The number of anilines is 9. The first-order valence-electron chi connectivity index (χ1n) is 44.7. The van der Waals surface area contributed by atoms with Gasteiger partial charge in [0.25, 0.3) is 0 Å². The Morgan fingerprint density at radius 3 is 1.19 bits per heavy atom. The van der Waals surface area contributed by atoms with Crippen LogP contribution in [0.25, 0.3) is 222 Å². The van der Waals surface area contributed by atoms with Crippen LogP contribution in [0.4, 0.5) is 51.2 Å². The number of benzene rings is 17. The Labute approximate surface area is 765 Å². The molecule has 3 aliphatic rings. The summed E-state index contributed by atoms with van der Waals surface area (Å²) in [4.78, 5) is 50.8. The number of para-hydroxylation sites is 6. The van der Waals surface area contributed by atoms with Crippen LogP contribution in [0.15, 0.2) is 439 Å². The van der Waals surface area contributed by atoms with E-state index in [1.54, 1.807) is 24.8 Å². The van der Waals surface area contributed by atoms with Crippen molar-refractivity contribution >= 4 is 171 Å². The number of hydrogen-bond donors (Lipinski definition) is 0. The zero-order valence-corrected chi connectivity index (χ0v) is 71.5. The topological polar surface area (TPSA) is 165 Å². The Hall–Kier alpha value is -18.5. The van der Waals surface area contributed by atoms with Crippen LogP contribution in [-0.4, -0.2) is 44.9 Å². The van der Waals surface area contributed by atoms with Gasteiger partial charge in [0.15, 0.2) is 34.2 Å². The number of rotatable bonds is 9. The molecule has 0 N–H and O–H groups in total. The highest BCUT2D eigenvalue weighted by Crippen LogP contribution is 2.56. The molecule has 17 aromatic carbocycles. The number of nitrogens with zero attached hydrogens (tertiary/aromatic N) is 12. The van der Waals surface area contributed by atoms with Gasteiger partial charge in [-0.1, -0.05) is 237 Å². The van der Waals surface area contributed by atoms with Crippen molar-refractivity contribution in [3.63, 3.8) is 0 Å². The van der Waals surface area contributed by atoms with Crippen molar-refractivity contribution < 1.29 is 13.3 Å². The molecular formula is C119H70N12O3. The average molecular weight is 1720 g/mol. The van der Waals surface area contributed by atoms with Gasteiger partial charge in [0.05, 0.1) is 45.5 Å². The van der Waals surface area contributed by atoms with Crippen molar-refractivity contribution in [2.75, 3.05) is 14.7 Å². The molecule has 29 rings (SSSR count). The summed E-state index contributed by atoms with van der Waals surface area (Å²) in [5.41, 5.74) is 32.2. The van der Waals surface area contributed by atoms with E-state index in [0.717, 1.165) is 144 Å². The third-order valence-corrected chi connectivity index (χ3v) is 26.2. The van der Waals surface area contributed by atoms with Crippen molar-refractivity contribution in [1.82, 2.24) is 44.9 Å². The van der Waals surface area contributed by atoms with E-state index < -0.39 is 0 Å². The first-order valence-corrected chi connectivity index (χ1v) is 44.7. The van der Waals surface area contributed by atoms with Crippen LogP contribution >= 0.6 is 0 Å². The summed E-state index contributed by atoms with van der Waals surface area (Å²) in [7, 11) is 0. The predicted molar refractivity (Wildman–Crippen MR) is 542 cm³/mol. The molecule has 0 saturated heterocycles. The lowest BCUT2D eigenvalue weighted by Crippen LogP contribution is -2.15. The minimum absolute atomic E-state index is 0.633. The molecule has 624 valence electrons. The Kier molecular flexibility index (Phi) is 17.3. The molecule has 0 atom stereocenters. The summed E-state index contributed by atoms with van der Waals surface area (Å²) in [6, 6.07) is 138. The second-order valence-electron chi connectivity index (χ2n) is 33.8. The molecule has 0 fully saturated rings. The van der Waals surface area contributed by atoms with Crippen LogP contribution in [0.5, 0.6) is 0 Å². The lowest BCUT2D eigenvalue weighted by atomic mass is 9.90. The zero-order valence-electron chi connectivity index (χ0n) is 71.5. The number of hydrogen-bond acceptors (Lipinski definition) is 15. The maximum absolute atomic E-state index is 6.33. The van der Waals surface area contributed by atoms with E-state index >= 15 is 0 Å². The highest BCUT2D eigenvalue weighted by Gasteiger charge is 2.32. The SMILES string of the molecule is c1ccc(-c2nc(-c3cccc4c(N5c6ccccc6-c6cccc7cccc5c67)cccc34)nc3c2oc2ccccc23)nc1.c1ccc2c(c1)-c1cccc3cccc(c13)N2c1ccc2cc(-c3nc(-c4ccncc4)c4oc5ccccc5c4n3)ccc2c1.c1cncc(-c2nc(-c3ccc(N4c5ccccc5-c5cccc6cccc4c56)cc3)nc3c2oc2ccccc23)c1. The molecule has 0 unspecified atom stereocenters. The van der Waals surface area contributed by atoms with E-state index in [9.17, 15) is 0 Å². The third kappa shape index (κ3) is 12.2. The maximum Gasteiger partial charge on any atom is 0.181 e. The lowest BCUT2D eigenvalue weighted by Gasteiger charge is -2.34. The van der Waals surface area contributed by atoms with E-state index in [0.29, 0.717) is 39.9 Å². The predicted octanol–water partition coefficient (Wildman–Crippen LogP) is 31.4. The molecular weight excluding hydrogens is 1650 g/mol. The standard InChI is InChI=1S/2C41H24N4O.C37H22N4O/c1-3-12-34-31(9-1)32-11-5-7-25-8-6-13-35(37(25)32)45(34)30-18-17-27-23-29(16-15-28(27)24-30)41-43-38(26-19-21-42-22-20-26)40-39(44-41)33-10-2-4-14-36(33)46-40;1-3-20-33-28(13-1)29-17-7-11-25-12-8-22-35(37(25)29)45(33)34-21-10-15-26-27(34)16-9-18-30(26)41-43-38-31-14-2-4-23-36(31)46-40(38)39(44-41)32-19-5-6-24-42-32;1-3-14-30-27(11-1)28-13-5-8-23-9-6-15-31(33(23)28)41(30)26-19-17-24(18-20-26)37-39-34(25-10-7-21-38-22-25)36-35(40-37)29-12-2-4-16-32(29)42-36/h2*1-24H;1-22H. The second kappa shape index (κ2) is 30.6. The van der Waals surface area contributed by atoms with Gasteiger partial charge in [0.1, 0.15) is 50.4 Å². The summed E-state index contributed by atoms with van der Waals surface area (Å²) >= 11 is 0. The van der Waals surface area contributed by atoms with Gasteiger partial charge < -0.3 is 28.0 Å². The molecule has 0 aliphatic carbocycles. The smallest absolute Gasteiger partial charge is 0.181 e. The Balaban J connectivity index is 0.000000102. The van der Waals surface area contributed by atoms with Gasteiger partial charge in [-0.15, -0.1) is 0 Å². The summed E-state index contributed by atoms with van der Waals surface area (Å²) in [5.74, 6) is 1.94. The Bertz CT molecular complexity index is 9310. The van der Waals surface area contributed by atoms with Gasteiger partial charge in [-0.25, -0.2) is 29.9 Å². The summed E-state index contributed by atoms with van der Waals surface area (Å²) < 4.78 is 18.9. The first-order chi connectivity index (χ1) is 66.5. The second-order valence-corrected chi connectivity index (χ2v) is 33.8. The third-order valence-electron chi connectivity index (χ3n) is 26.2. The van der Waals surface area contributed by atoms with E-state index in [1.165, 1.54) is 88.4 Å². The number of fused-ring (bicyclic) bond motifs is 17. The normalized spacial score (nSPS) is 12.3. The molecule has 15 nitrogen and oxygen atoms in total. The van der Waals surface area contributed by atoms with Gasteiger partial charge >= 0.3 is 0 Å². The Morgan fingerprint density at radius 1 is 0.209 bits per heavy atom. The molecule has 26 aromatic rings. The summed E-state index contributed by atoms with van der Waals surface area (Å²) in [5, 5.41) is 14.9. The van der Waals surface area contributed by atoms with Crippen molar-refractivity contribution in [3.8, 4) is 101 Å². The lowest BCUT2D eigenvalue weighted by molar-refractivity contribution is 0.666. The number of aromatic nitrogens is 9. The molecule has 0 saturated carbocycles. The number of pyridine rings is 3. The van der Waals surface area contributed by atoms with Crippen LogP contribution in [0.3, 0.4) is 0 Å². The minimum Gasteiger partial charge on any atom is -0.452 e. The highest BCUT2D eigenvalue weighted by atomic mass is 16.3. The largest absolute Gasteiger partial charge is 0.452 e. The highest BCUT2D eigenvalue weighted by molar-refractivity contribution is 6.20. The van der Waals surface area contributed by atoms with Crippen LogP contribution in [0, 0.1) is 0 Å². The van der Waals surface area contributed by atoms with E-state index in [4.69, 9.17) is 43.2 Å². The fourth-order valence-corrected chi connectivity index (χ4v) is 20.3. The van der Waals surface area contributed by atoms with E-state index in [-0.39, 0.29) is 0 Å². The quantitative estimate of drug-likeness (QED) is 0.134. The van der Waals surface area contributed by atoms with Crippen molar-refractivity contribution in [2.24, 2.45) is 0 Å².